The standard InChI is InChI=1S/C41H69N7O9/c1-15-16-33(49)46(11)23-34(50)47(12)32(22-41(8,9)57-24-29-17-19-30(56-14)20-18-29)39(54)45-35(26(4)5)40(55)48(13)31(21-25(2)3)38(53)44-28(7)37(52)43-27(6)36(51)42-10/h17-20,25-28,31-32,35H,15-16,21-24H2,1-14H3,(H,42,51)(H,43,52)(H,44,53)(H,45,54)/t27?,28-,31+,32+,35+/m1/s1. The Bertz CT molecular complexity index is 1520. The number of amides is 7. The fourth-order valence-corrected chi connectivity index (χ4v) is 5.93. The van der Waals surface area contributed by atoms with Crippen LogP contribution in [0, 0.1) is 11.8 Å². The van der Waals surface area contributed by atoms with E-state index < -0.39 is 77.2 Å². The topological polar surface area (TPSA) is 196 Å². The van der Waals surface area contributed by atoms with Gasteiger partial charge in [-0.25, -0.2) is 0 Å². The molecule has 16 nitrogen and oxygen atoms in total. The van der Waals surface area contributed by atoms with Crippen LogP contribution in [0.2, 0.25) is 0 Å². The van der Waals surface area contributed by atoms with E-state index in [1.165, 1.54) is 56.7 Å². The van der Waals surface area contributed by atoms with Crippen molar-refractivity contribution in [3.63, 3.8) is 0 Å². The number of carbonyl (C=O) groups excluding carboxylic acids is 7. The van der Waals surface area contributed by atoms with E-state index >= 15 is 0 Å². The molecule has 0 aliphatic carbocycles. The third-order valence-electron chi connectivity index (χ3n) is 9.69. The SMILES string of the molecule is CCCC(=O)N(C)CC(=O)N(C)[C@@H](CC(C)(C)OCc1ccc(OC)cc1)C(=O)N[C@H](C(=O)N(C)[C@@H](CC(C)C)C(=O)N[C@H](C)C(=O)NC(C)C(=O)NC)C(C)C. The Labute approximate surface area is 339 Å². The second-order valence-corrected chi connectivity index (χ2v) is 16.0. The molecule has 57 heavy (non-hydrogen) atoms. The van der Waals surface area contributed by atoms with Crippen LogP contribution in [0.25, 0.3) is 0 Å². The van der Waals surface area contributed by atoms with Gasteiger partial charge in [0.2, 0.25) is 41.4 Å². The Morgan fingerprint density at radius 3 is 1.79 bits per heavy atom. The number of likely N-dealkylation sites (N-methyl/N-ethyl adjacent to an activating group) is 4. The van der Waals surface area contributed by atoms with Gasteiger partial charge in [0.05, 0.1) is 25.9 Å². The maximum atomic E-state index is 14.4. The van der Waals surface area contributed by atoms with Gasteiger partial charge in [-0.1, -0.05) is 46.8 Å². The van der Waals surface area contributed by atoms with Gasteiger partial charge in [-0.2, -0.15) is 0 Å². The van der Waals surface area contributed by atoms with Crippen molar-refractivity contribution >= 4 is 41.4 Å². The van der Waals surface area contributed by atoms with Crippen molar-refractivity contribution in [2.24, 2.45) is 11.8 Å². The van der Waals surface area contributed by atoms with Crippen LogP contribution in [0.15, 0.2) is 24.3 Å². The summed E-state index contributed by atoms with van der Waals surface area (Å²) in [5.74, 6) is -3.18. The van der Waals surface area contributed by atoms with E-state index in [2.05, 4.69) is 21.3 Å². The molecule has 5 atom stereocenters. The van der Waals surface area contributed by atoms with E-state index in [-0.39, 0.29) is 44.2 Å². The Morgan fingerprint density at radius 2 is 1.28 bits per heavy atom. The van der Waals surface area contributed by atoms with E-state index in [4.69, 9.17) is 9.47 Å². The van der Waals surface area contributed by atoms with Crippen molar-refractivity contribution in [2.75, 3.05) is 41.8 Å². The van der Waals surface area contributed by atoms with Crippen LogP contribution in [0.3, 0.4) is 0 Å². The molecule has 0 aromatic heterocycles. The summed E-state index contributed by atoms with van der Waals surface area (Å²) < 4.78 is 11.5. The van der Waals surface area contributed by atoms with Crippen LogP contribution in [-0.2, 0) is 44.9 Å². The fraction of sp³-hybridized carbons (Fsp3) is 0.683. The predicted octanol–water partition coefficient (Wildman–Crippen LogP) is 2.24. The maximum absolute atomic E-state index is 14.4. The van der Waals surface area contributed by atoms with Crippen LogP contribution in [0.5, 0.6) is 5.75 Å². The first-order valence-corrected chi connectivity index (χ1v) is 19.7. The number of methoxy groups -OCH3 is 1. The highest BCUT2D eigenvalue weighted by atomic mass is 16.5. The average molecular weight is 804 g/mol. The van der Waals surface area contributed by atoms with Gasteiger partial charge in [-0.15, -0.1) is 0 Å². The first-order chi connectivity index (χ1) is 26.5. The second kappa shape index (κ2) is 23.5. The number of hydrogen-bond acceptors (Lipinski definition) is 9. The molecule has 4 N–H and O–H groups in total. The zero-order valence-corrected chi connectivity index (χ0v) is 36.6. The van der Waals surface area contributed by atoms with E-state index in [1.807, 2.05) is 45.0 Å². The quantitative estimate of drug-likeness (QED) is 0.128. The number of hydrogen-bond donors (Lipinski definition) is 4. The molecule has 1 aromatic carbocycles. The summed E-state index contributed by atoms with van der Waals surface area (Å²) in [6.45, 7) is 15.7. The maximum Gasteiger partial charge on any atom is 0.245 e. The molecule has 0 saturated carbocycles. The number of nitrogens with zero attached hydrogens (tertiary/aromatic N) is 3. The molecular formula is C41H69N7O9. The van der Waals surface area contributed by atoms with Crippen molar-refractivity contribution in [3.05, 3.63) is 29.8 Å². The fourth-order valence-electron chi connectivity index (χ4n) is 5.93. The van der Waals surface area contributed by atoms with Gasteiger partial charge in [-0.3, -0.25) is 33.6 Å². The summed E-state index contributed by atoms with van der Waals surface area (Å²) in [6.07, 6.45) is 1.17. The lowest BCUT2D eigenvalue weighted by Gasteiger charge is -2.37. The summed E-state index contributed by atoms with van der Waals surface area (Å²) in [4.78, 5) is 97.1. The first-order valence-electron chi connectivity index (χ1n) is 19.7. The minimum atomic E-state index is -1.12. The van der Waals surface area contributed by atoms with Crippen LogP contribution in [0.1, 0.15) is 93.6 Å². The summed E-state index contributed by atoms with van der Waals surface area (Å²) in [5, 5.41) is 10.5. The molecule has 0 saturated heterocycles. The monoisotopic (exact) mass is 804 g/mol. The highest BCUT2D eigenvalue weighted by Gasteiger charge is 2.39. The van der Waals surface area contributed by atoms with Crippen molar-refractivity contribution in [1.29, 1.82) is 0 Å². The molecule has 1 aromatic rings. The van der Waals surface area contributed by atoms with Gasteiger partial charge >= 0.3 is 0 Å². The third-order valence-corrected chi connectivity index (χ3v) is 9.69. The van der Waals surface area contributed by atoms with Crippen LogP contribution >= 0.6 is 0 Å². The van der Waals surface area contributed by atoms with Gasteiger partial charge in [0.15, 0.2) is 0 Å². The van der Waals surface area contributed by atoms with E-state index in [1.54, 1.807) is 34.8 Å². The molecule has 0 heterocycles. The highest BCUT2D eigenvalue weighted by Crippen LogP contribution is 2.24. The number of carbonyl (C=O) groups is 7. The Kier molecular flexibility index (Phi) is 20.7. The normalized spacial score (nSPS) is 14.0. The largest absolute Gasteiger partial charge is 0.497 e. The van der Waals surface area contributed by atoms with Crippen LogP contribution in [0.4, 0.5) is 0 Å². The van der Waals surface area contributed by atoms with Crippen molar-refractivity contribution in [2.45, 2.75) is 130 Å². The summed E-state index contributed by atoms with van der Waals surface area (Å²) in [6, 6.07) is 2.26. The molecule has 1 unspecified atom stereocenters. The van der Waals surface area contributed by atoms with Crippen LogP contribution in [-0.4, -0.2) is 134 Å². The van der Waals surface area contributed by atoms with Gasteiger partial charge in [0.1, 0.15) is 36.0 Å². The molecule has 0 fully saturated rings. The molecule has 0 bridgehead atoms. The smallest absolute Gasteiger partial charge is 0.245 e. The van der Waals surface area contributed by atoms with Crippen LogP contribution < -0.4 is 26.0 Å². The lowest BCUT2D eigenvalue weighted by molar-refractivity contribution is -0.148. The van der Waals surface area contributed by atoms with Gasteiger partial charge in [0.25, 0.3) is 0 Å². The summed E-state index contributed by atoms with van der Waals surface area (Å²) in [5.41, 5.74) is -0.0804. The summed E-state index contributed by atoms with van der Waals surface area (Å²) >= 11 is 0. The second-order valence-electron chi connectivity index (χ2n) is 16.0. The molecule has 0 spiro atoms. The average Bonchev–Trinajstić information content (AvgIpc) is 3.15. The minimum Gasteiger partial charge on any atom is -0.497 e. The number of rotatable bonds is 23. The Hall–Kier alpha value is -4.73. The molecular weight excluding hydrogens is 734 g/mol. The van der Waals surface area contributed by atoms with E-state index in [9.17, 15) is 33.6 Å². The highest BCUT2D eigenvalue weighted by molar-refractivity contribution is 5.96. The predicted molar refractivity (Wildman–Crippen MR) is 218 cm³/mol. The van der Waals surface area contributed by atoms with Crippen molar-refractivity contribution < 1.29 is 43.0 Å². The lowest BCUT2D eigenvalue weighted by Crippen LogP contribution is -2.60. The number of ether oxygens (including phenoxy) is 2. The van der Waals surface area contributed by atoms with Crippen molar-refractivity contribution in [1.82, 2.24) is 36.0 Å². The molecule has 0 radical (unpaired) electrons. The van der Waals surface area contributed by atoms with E-state index in [0.717, 1.165) is 5.56 Å². The molecule has 1 rings (SSSR count). The molecule has 16 heteroatoms. The molecule has 322 valence electrons. The summed E-state index contributed by atoms with van der Waals surface area (Å²) in [7, 11) is 7.52. The van der Waals surface area contributed by atoms with Crippen molar-refractivity contribution in [3.8, 4) is 5.75 Å². The van der Waals surface area contributed by atoms with Gasteiger partial charge in [-0.05, 0) is 70.1 Å². The van der Waals surface area contributed by atoms with Gasteiger partial charge in [0, 0.05) is 41.0 Å². The third kappa shape index (κ3) is 16.3. The van der Waals surface area contributed by atoms with E-state index in [0.29, 0.717) is 12.2 Å². The number of benzene rings is 1. The first kappa shape index (κ1) is 50.3. The zero-order chi connectivity index (χ0) is 43.8. The zero-order valence-electron chi connectivity index (χ0n) is 36.6. The Balaban J connectivity index is 3.40. The molecule has 0 aliphatic rings. The minimum absolute atomic E-state index is 0.0352. The molecule has 0 aliphatic heterocycles. The lowest BCUT2D eigenvalue weighted by atomic mass is 9.95. The number of nitrogens with one attached hydrogen (secondary N) is 4. The molecule has 7 amide bonds. The Morgan fingerprint density at radius 1 is 0.737 bits per heavy atom. The van der Waals surface area contributed by atoms with Gasteiger partial charge < -0.3 is 45.4 Å².